The number of anilines is 1. The minimum absolute atomic E-state index is 0.0103. The second-order valence-electron chi connectivity index (χ2n) is 9.33. The minimum atomic E-state index is -0.0898. The van der Waals surface area contributed by atoms with E-state index >= 15 is 0 Å². The van der Waals surface area contributed by atoms with Gasteiger partial charge in [0.05, 0.1) is 18.7 Å². The number of benzene rings is 3. The second kappa shape index (κ2) is 9.81. The highest BCUT2D eigenvalue weighted by molar-refractivity contribution is 5.97. The number of ether oxygens (including phenoxy) is 2. The van der Waals surface area contributed by atoms with E-state index in [9.17, 15) is 4.79 Å². The molecule has 0 aliphatic carbocycles. The average molecular weight is 468 g/mol. The molecule has 3 aromatic rings. The van der Waals surface area contributed by atoms with Crippen molar-refractivity contribution in [2.45, 2.75) is 24.8 Å². The van der Waals surface area contributed by atoms with E-state index in [1.807, 2.05) is 71.6 Å². The van der Waals surface area contributed by atoms with Crippen LogP contribution in [0.15, 0.2) is 72.8 Å². The first-order chi connectivity index (χ1) is 17.1. The predicted octanol–water partition coefficient (Wildman–Crippen LogP) is 4.53. The van der Waals surface area contributed by atoms with Crippen LogP contribution in [0, 0.1) is 11.3 Å². The first-order valence-electron chi connectivity index (χ1n) is 12.0. The minimum Gasteiger partial charge on any atom is -0.497 e. The summed E-state index contributed by atoms with van der Waals surface area (Å²) >= 11 is 0. The Hall–Kier alpha value is -3.82. The number of likely N-dealkylation sites (tertiary alicyclic amines) is 1. The Kier molecular flexibility index (Phi) is 6.43. The first kappa shape index (κ1) is 22.9. The normalized spacial score (nSPS) is 16.5. The second-order valence-corrected chi connectivity index (χ2v) is 9.33. The molecule has 2 aliphatic heterocycles. The Bertz CT molecular complexity index is 1230. The molecule has 3 aromatic carbocycles. The van der Waals surface area contributed by atoms with Crippen LogP contribution >= 0.6 is 0 Å². The molecule has 0 radical (unpaired) electrons. The third kappa shape index (κ3) is 4.73. The van der Waals surface area contributed by atoms with Crippen LogP contribution in [0.5, 0.6) is 11.5 Å². The molecule has 2 heterocycles. The molecule has 0 aromatic heterocycles. The summed E-state index contributed by atoms with van der Waals surface area (Å²) in [5.74, 6) is 1.48. The Balaban J connectivity index is 1.31. The maximum Gasteiger partial charge on any atom is 0.264 e. The number of fused-ring (bicyclic) bond motifs is 2. The van der Waals surface area contributed by atoms with E-state index in [1.54, 1.807) is 7.11 Å². The van der Waals surface area contributed by atoms with Crippen molar-refractivity contribution in [3.05, 3.63) is 89.5 Å². The number of rotatable bonds is 6. The zero-order chi connectivity index (χ0) is 24.3. The van der Waals surface area contributed by atoms with Gasteiger partial charge in [-0.15, -0.1) is 0 Å². The highest BCUT2D eigenvalue weighted by Crippen LogP contribution is 2.48. The van der Waals surface area contributed by atoms with Gasteiger partial charge in [0.2, 0.25) is 0 Å². The van der Waals surface area contributed by atoms with Gasteiger partial charge in [0.1, 0.15) is 11.5 Å². The van der Waals surface area contributed by atoms with Crippen LogP contribution in [0.2, 0.25) is 0 Å². The molecule has 0 N–H and O–H groups in total. The van der Waals surface area contributed by atoms with Crippen molar-refractivity contribution in [3.8, 4) is 17.6 Å². The van der Waals surface area contributed by atoms with E-state index < -0.39 is 0 Å². The highest BCUT2D eigenvalue weighted by atomic mass is 16.5. The van der Waals surface area contributed by atoms with E-state index in [2.05, 4.69) is 17.0 Å². The lowest BCUT2D eigenvalue weighted by atomic mass is 9.74. The van der Waals surface area contributed by atoms with Gasteiger partial charge in [-0.25, -0.2) is 0 Å². The topological polar surface area (TPSA) is 65.8 Å². The van der Waals surface area contributed by atoms with E-state index in [0.29, 0.717) is 17.9 Å². The fraction of sp³-hybridized carbons (Fsp3) is 0.310. The molecule has 6 heteroatoms. The molecule has 35 heavy (non-hydrogen) atoms. The Morgan fingerprint density at radius 2 is 1.74 bits per heavy atom. The largest absolute Gasteiger partial charge is 0.497 e. The van der Waals surface area contributed by atoms with Crippen LogP contribution in [0.4, 0.5) is 5.69 Å². The summed E-state index contributed by atoms with van der Waals surface area (Å²) in [5, 5.41) is 9.03. The maximum atomic E-state index is 13.3. The lowest BCUT2D eigenvalue weighted by Gasteiger charge is -2.40. The van der Waals surface area contributed by atoms with Gasteiger partial charge < -0.3 is 14.4 Å². The summed E-state index contributed by atoms with van der Waals surface area (Å²) in [6, 6.07) is 25.5. The summed E-state index contributed by atoms with van der Waals surface area (Å²) in [6.45, 7) is 3.42. The molecule has 0 atom stereocenters. The molecule has 6 nitrogen and oxygen atoms in total. The highest BCUT2D eigenvalue weighted by Gasteiger charge is 2.46. The fourth-order valence-electron chi connectivity index (χ4n) is 5.25. The van der Waals surface area contributed by atoms with Crippen LogP contribution in [-0.4, -0.2) is 44.2 Å². The molecule has 0 bridgehead atoms. The summed E-state index contributed by atoms with van der Waals surface area (Å²) in [6.07, 6.45) is 1.93. The fourth-order valence-corrected chi connectivity index (χ4v) is 5.25. The Morgan fingerprint density at radius 3 is 2.43 bits per heavy atom. The van der Waals surface area contributed by atoms with Gasteiger partial charge in [0, 0.05) is 24.2 Å². The zero-order valence-electron chi connectivity index (χ0n) is 19.9. The van der Waals surface area contributed by atoms with E-state index in [1.165, 1.54) is 11.1 Å². The standard InChI is InChI=1S/C29H29N3O3/c1-34-25-11-12-27-26(17-25)29(21-32(27)28(33)20-35-24-5-3-2-4-6-24)13-15-31(16-14-29)19-23-9-7-22(18-30)8-10-23/h2-12,17H,13-16,19-21H2,1H3. The van der Waals surface area contributed by atoms with Gasteiger partial charge in [0.15, 0.2) is 6.61 Å². The number of nitrogens with zero attached hydrogens (tertiary/aromatic N) is 3. The lowest BCUT2D eigenvalue weighted by Crippen LogP contribution is -2.46. The van der Waals surface area contributed by atoms with Crippen LogP contribution < -0.4 is 14.4 Å². The number of para-hydroxylation sites is 1. The SMILES string of the molecule is COc1ccc2c(c1)C1(CCN(Cc3ccc(C#N)cc3)CC1)CN2C(=O)COc1ccccc1. The van der Waals surface area contributed by atoms with Crippen molar-refractivity contribution >= 4 is 11.6 Å². The number of piperidine rings is 1. The Labute approximate surface area is 206 Å². The molecular formula is C29H29N3O3. The van der Waals surface area contributed by atoms with Crippen molar-refractivity contribution in [1.82, 2.24) is 4.90 Å². The van der Waals surface area contributed by atoms with Crippen molar-refractivity contribution < 1.29 is 14.3 Å². The molecular weight excluding hydrogens is 438 g/mol. The number of hydrogen-bond acceptors (Lipinski definition) is 5. The molecule has 5 rings (SSSR count). The Morgan fingerprint density at radius 1 is 1.00 bits per heavy atom. The molecule has 1 fully saturated rings. The monoisotopic (exact) mass is 467 g/mol. The molecule has 1 amide bonds. The zero-order valence-corrected chi connectivity index (χ0v) is 19.9. The number of nitriles is 1. The van der Waals surface area contributed by atoms with E-state index in [4.69, 9.17) is 14.7 Å². The maximum absolute atomic E-state index is 13.3. The molecule has 2 aliphatic rings. The van der Waals surface area contributed by atoms with Gasteiger partial charge in [0.25, 0.3) is 5.91 Å². The van der Waals surface area contributed by atoms with Crippen molar-refractivity contribution in [2.24, 2.45) is 0 Å². The smallest absolute Gasteiger partial charge is 0.264 e. The van der Waals surface area contributed by atoms with E-state index in [0.717, 1.165) is 43.9 Å². The van der Waals surface area contributed by atoms with Crippen molar-refractivity contribution in [1.29, 1.82) is 5.26 Å². The van der Waals surface area contributed by atoms with Gasteiger partial charge in [-0.05, 0) is 79.5 Å². The number of hydrogen-bond donors (Lipinski definition) is 0. The number of amides is 1. The van der Waals surface area contributed by atoms with Gasteiger partial charge in [-0.3, -0.25) is 9.69 Å². The van der Waals surface area contributed by atoms with Crippen LogP contribution in [0.3, 0.4) is 0 Å². The first-order valence-corrected chi connectivity index (χ1v) is 12.0. The van der Waals surface area contributed by atoms with Gasteiger partial charge in [-0.2, -0.15) is 5.26 Å². The van der Waals surface area contributed by atoms with Crippen molar-refractivity contribution in [2.75, 3.05) is 38.3 Å². The molecule has 0 saturated carbocycles. The molecule has 1 spiro atoms. The quantitative estimate of drug-likeness (QED) is 0.533. The number of methoxy groups -OCH3 is 1. The van der Waals surface area contributed by atoms with Crippen LogP contribution in [0.25, 0.3) is 0 Å². The van der Waals surface area contributed by atoms with Crippen molar-refractivity contribution in [3.63, 3.8) is 0 Å². The third-order valence-electron chi connectivity index (χ3n) is 7.24. The van der Waals surface area contributed by atoms with Gasteiger partial charge >= 0.3 is 0 Å². The molecule has 1 saturated heterocycles. The third-order valence-corrected chi connectivity index (χ3v) is 7.24. The summed E-state index contributed by atoms with van der Waals surface area (Å²) < 4.78 is 11.3. The molecule has 178 valence electrons. The summed E-state index contributed by atoms with van der Waals surface area (Å²) in [5.41, 5.74) is 3.97. The average Bonchev–Trinajstić information content (AvgIpc) is 3.23. The predicted molar refractivity (Wildman–Crippen MR) is 135 cm³/mol. The number of carbonyl (C=O) groups is 1. The van der Waals surface area contributed by atoms with Crippen LogP contribution in [-0.2, 0) is 16.8 Å². The van der Waals surface area contributed by atoms with Crippen LogP contribution in [0.1, 0.15) is 29.5 Å². The molecule has 0 unspecified atom stereocenters. The number of carbonyl (C=O) groups excluding carboxylic acids is 1. The summed E-state index contributed by atoms with van der Waals surface area (Å²) in [7, 11) is 1.68. The summed E-state index contributed by atoms with van der Waals surface area (Å²) in [4.78, 5) is 17.6. The van der Waals surface area contributed by atoms with E-state index in [-0.39, 0.29) is 17.9 Å². The van der Waals surface area contributed by atoms with Gasteiger partial charge in [-0.1, -0.05) is 30.3 Å². The lowest BCUT2D eigenvalue weighted by molar-refractivity contribution is -0.120.